The van der Waals surface area contributed by atoms with Gasteiger partial charge < -0.3 is 4.90 Å². The van der Waals surface area contributed by atoms with E-state index in [1.54, 1.807) is 0 Å². The van der Waals surface area contributed by atoms with Crippen LogP contribution >= 0.6 is 0 Å². The smallest absolute Gasteiger partial charge is 0.135 e. The molecule has 0 radical (unpaired) electrons. The topological polar surface area (TPSA) is 48.6 Å². The zero-order valence-electron chi connectivity index (χ0n) is 16.2. The summed E-state index contributed by atoms with van der Waals surface area (Å²) in [4.78, 5) is 7.81. The fourth-order valence-electron chi connectivity index (χ4n) is 4.64. The van der Waals surface area contributed by atoms with Crippen molar-refractivity contribution in [1.29, 1.82) is 0 Å². The quantitative estimate of drug-likeness (QED) is 0.697. The van der Waals surface area contributed by atoms with Crippen molar-refractivity contribution in [2.24, 2.45) is 0 Å². The highest BCUT2D eigenvalue weighted by molar-refractivity contribution is 5.73. The van der Waals surface area contributed by atoms with Crippen LogP contribution in [0.2, 0.25) is 0 Å². The highest BCUT2D eigenvalue weighted by Gasteiger charge is 2.28. The van der Waals surface area contributed by atoms with E-state index in [4.69, 9.17) is 4.63 Å². The van der Waals surface area contributed by atoms with Crippen molar-refractivity contribution >= 4 is 16.7 Å². The first kappa shape index (κ1) is 17.6. The number of piperidine rings is 1. The zero-order valence-corrected chi connectivity index (χ0v) is 16.2. The molecule has 3 aromatic rings. The highest BCUT2D eigenvalue weighted by atomic mass is 16.6. The van der Waals surface area contributed by atoms with E-state index < -0.39 is 0 Å². The molecule has 0 amide bonds. The predicted octanol–water partition coefficient (Wildman–Crippen LogP) is 3.01. The van der Waals surface area contributed by atoms with E-state index in [1.165, 1.54) is 30.6 Å². The standard InChI is InChI=1S/C22H27N5O/c1-2-5-19(6-3-1)26-11-13-27(14-12-26)20-7-4-10-25(17-20)16-18-8-9-21-22(15-18)24-28-23-21/h1-3,5-6,8-9,15,20H,4,7,10-14,16-17H2. The number of para-hydroxylation sites is 1. The summed E-state index contributed by atoms with van der Waals surface area (Å²) >= 11 is 0. The lowest BCUT2D eigenvalue weighted by atomic mass is 10.0. The lowest BCUT2D eigenvalue weighted by molar-refractivity contribution is 0.0888. The molecule has 1 aromatic heterocycles. The Morgan fingerprint density at radius 2 is 1.71 bits per heavy atom. The Balaban J connectivity index is 1.18. The van der Waals surface area contributed by atoms with E-state index in [2.05, 4.69) is 67.5 Å². The Bertz CT molecular complexity index is 903. The third kappa shape index (κ3) is 3.75. The van der Waals surface area contributed by atoms with Crippen LogP contribution in [0.3, 0.4) is 0 Å². The van der Waals surface area contributed by atoms with E-state index in [1.807, 2.05) is 6.07 Å². The van der Waals surface area contributed by atoms with Crippen LogP contribution in [0.1, 0.15) is 18.4 Å². The van der Waals surface area contributed by atoms with Crippen LogP contribution in [0.4, 0.5) is 5.69 Å². The Morgan fingerprint density at radius 1 is 0.893 bits per heavy atom. The number of benzene rings is 2. The Morgan fingerprint density at radius 3 is 2.57 bits per heavy atom. The van der Waals surface area contributed by atoms with Crippen LogP contribution in [-0.2, 0) is 6.54 Å². The average Bonchev–Trinajstić information content (AvgIpc) is 3.23. The molecule has 6 heteroatoms. The number of hydrogen-bond acceptors (Lipinski definition) is 6. The molecule has 2 aliphatic rings. The highest BCUT2D eigenvalue weighted by Crippen LogP contribution is 2.22. The summed E-state index contributed by atoms with van der Waals surface area (Å²) in [6.45, 7) is 7.86. The molecule has 1 atom stereocenters. The summed E-state index contributed by atoms with van der Waals surface area (Å²) < 4.78 is 4.82. The first-order chi connectivity index (χ1) is 13.8. The Kier molecular flexibility index (Phi) is 4.97. The van der Waals surface area contributed by atoms with Crippen molar-refractivity contribution in [2.45, 2.75) is 25.4 Å². The van der Waals surface area contributed by atoms with Crippen LogP contribution in [-0.4, -0.2) is 65.4 Å². The Hall–Kier alpha value is -2.44. The maximum atomic E-state index is 4.82. The van der Waals surface area contributed by atoms with E-state index in [-0.39, 0.29) is 0 Å². The van der Waals surface area contributed by atoms with Crippen molar-refractivity contribution < 1.29 is 4.63 Å². The first-order valence-corrected chi connectivity index (χ1v) is 10.3. The van der Waals surface area contributed by atoms with E-state index >= 15 is 0 Å². The van der Waals surface area contributed by atoms with Crippen molar-refractivity contribution in [3.8, 4) is 0 Å². The summed E-state index contributed by atoms with van der Waals surface area (Å²) in [7, 11) is 0. The minimum Gasteiger partial charge on any atom is -0.369 e. The molecule has 0 spiro atoms. The fourth-order valence-corrected chi connectivity index (χ4v) is 4.64. The first-order valence-electron chi connectivity index (χ1n) is 10.3. The summed E-state index contributed by atoms with van der Waals surface area (Å²) in [5.41, 5.74) is 4.32. The van der Waals surface area contributed by atoms with Crippen molar-refractivity contribution in [2.75, 3.05) is 44.2 Å². The van der Waals surface area contributed by atoms with Crippen molar-refractivity contribution in [3.63, 3.8) is 0 Å². The van der Waals surface area contributed by atoms with Gasteiger partial charge in [-0.25, -0.2) is 4.63 Å². The third-order valence-corrected chi connectivity index (χ3v) is 6.16. The van der Waals surface area contributed by atoms with E-state index in [0.717, 1.165) is 50.3 Å². The van der Waals surface area contributed by atoms with Gasteiger partial charge >= 0.3 is 0 Å². The van der Waals surface area contributed by atoms with Crippen LogP contribution in [0, 0.1) is 0 Å². The molecule has 6 nitrogen and oxygen atoms in total. The second-order valence-electron chi connectivity index (χ2n) is 7.98. The molecule has 2 aliphatic heterocycles. The molecular weight excluding hydrogens is 350 g/mol. The van der Waals surface area contributed by atoms with Crippen LogP contribution in [0.25, 0.3) is 11.0 Å². The molecule has 0 N–H and O–H groups in total. The van der Waals surface area contributed by atoms with Gasteiger partial charge in [-0.2, -0.15) is 0 Å². The second-order valence-corrected chi connectivity index (χ2v) is 7.98. The van der Waals surface area contributed by atoms with Gasteiger partial charge in [-0.05, 0) is 59.5 Å². The van der Waals surface area contributed by atoms with E-state index in [9.17, 15) is 0 Å². The molecular formula is C22H27N5O. The van der Waals surface area contributed by atoms with Crippen LogP contribution in [0.5, 0.6) is 0 Å². The number of nitrogens with zero attached hydrogens (tertiary/aromatic N) is 5. The van der Waals surface area contributed by atoms with Gasteiger partial charge in [-0.15, -0.1) is 0 Å². The Labute approximate surface area is 165 Å². The number of anilines is 1. The maximum Gasteiger partial charge on any atom is 0.135 e. The van der Waals surface area contributed by atoms with Crippen LogP contribution in [0.15, 0.2) is 53.2 Å². The number of hydrogen-bond donors (Lipinski definition) is 0. The number of rotatable bonds is 4. The number of fused-ring (bicyclic) bond motifs is 1. The summed E-state index contributed by atoms with van der Waals surface area (Å²) in [6, 6.07) is 17.7. The molecule has 1 unspecified atom stereocenters. The van der Waals surface area contributed by atoms with Gasteiger partial charge in [-0.1, -0.05) is 24.3 Å². The minimum absolute atomic E-state index is 0.670. The molecule has 146 valence electrons. The third-order valence-electron chi connectivity index (χ3n) is 6.16. The molecule has 3 heterocycles. The predicted molar refractivity (Wildman–Crippen MR) is 110 cm³/mol. The minimum atomic E-state index is 0.670. The largest absolute Gasteiger partial charge is 0.369 e. The summed E-state index contributed by atoms with van der Waals surface area (Å²) in [6.07, 6.45) is 2.59. The average molecular weight is 377 g/mol. The number of aromatic nitrogens is 2. The lowest BCUT2D eigenvalue weighted by Crippen LogP contribution is -2.55. The monoisotopic (exact) mass is 377 g/mol. The van der Waals surface area contributed by atoms with Gasteiger partial charge in [0.2, 0.25) is 0 Å². The van der Waals surface area contributed by atoms with Crippen molar-refractivity contribution in [3.05, 3.63) is 54.1 Å². The van der Waals surface area contributed by atoms with Gasteiger partial charge in [0.05, 0.1) is 0 Å². The molecule has 28 heavy (non-hydrogen) atoms. The summed E-state index contributed by atoms with van der Waals surface area (Å²) in [5.74, 6) is 0. The summed E-state index contributed by atoms with van der Waals surface area (Å²) in [5, 5.41) is 7.87. The molecule has 0 saturated carbocycles. The molecule has 5 rings (SSSR count). The zero-order chi connectivity index (χ0) is 18.8. The second kappa shape index (κ2) is 7.89. The number of piperazine rings is 1. The molecule has 0 aliphatic carbocycles. The van der Waals surface area contributed by atoms with E-state index in [0.29, 0.717) is 6.04 Å². The molecule has 2 saturated heterocycles. The van der Waals surface area contributed by atoms with Crippen LogP contribution < -0.4 is 4.90 Å². The number of likely N-dealkylation sites (tertiary alicyclic amines) is 1. The molecule has 0 bridgehead atoms. The molecule has 2 aromatic carbocycles. The van der Waals surface area contributed by atoms with Gasteiger partial charge in [0.15, 0.2) is 0 Å². The fraction of sp³-hybridized carbons (Fsp3) is 0.455. The van der Waals surface area contributed by atoms with Gasteiger partial charge in [0.25, 0.3) is 0 Å². The normalized spacial score (nSPS) is 22.0. The van der Waals surface area contributed by atoms with Gasteiger partial charge in [0, 0.05) is 51.0 Å². The van der Waals surface area contributed by atoms with Crippen molar-refractivity contribution in [1.82, 2.24) is 20.1 Å². The lowest BCUT2D eigenvalue weighted by Gasteiger charge is -2.44. The maximum absolute atomic E-state index is 4.82. The molecule has 2 fully saturated rings. The van der Waals surface area contributed by atoms with Gasteiger partial charge in [0.1, 0.15) is 11.0 Å². The van der Waals surface area contributed by atoms with Gasteiger partial charge in [-0.3, -0.25) is 9.80 Å². The SMILES string of the molecule is c1ccc(N2CCN(C3CCCN(Cc4ccc5nonc5c4)C3)CC2)cc1.